The molecule has 0 aromatic carbocycles. The Morgan fingerprint density at radius 2 is 0.882 bits per heavy atom. The maximum atomic E-state index is 9.67. The number of hydrogen-bond acceptors (Lipinski definition) is 4. The second-order valence-electron chi connectivity index (χ2n) is 4.63. The molecule has 4 N–H and O–H groups in total. The van der Waals surface area contributed by atoms with Crippen LogP contribution in [0.5, 0.6) is 0 Å². The summed E-state index contributed by atoms with van der Waals surface area (Å²) in [7, 11) is 0. The molecule has 4 heteroatoms. The third-order valence-electron chi connectivity index (χ3n) is 3.01. The van der Waals surface area contributed by atoms with Crippen LogP contribution in [0.15, 0.2) is 0 Å². The van der Waals surface area contributed by atoms with Gasteiger partial charge in [0.2, 0.25) is 0 Å². The largest absolute Gasteiger partial charge is 0.396 e. The van der Waals surface area contributed by atoms with E-state index >= 15 is 0 Å². The minimum Gasteiger partial charge on any atom is -0.396 e. The molecule has 104 valence electrons. The van der Waals surface area contributed by atoms with E-state index in [1.807, 2.05) is 0 Å². The molecular weight excluding hydrogens is 220 g/mol. The van der Waals surface area contributed by atoms with Crippen molar-refractivity contribution in [3.8, 4) is 0 Å². The molecule has 0 aliphatic carbocycles. The zero-order valence-corrected chi connectivity index (χ0v) is 10.7. The van der Waals surface area contributed by atoms with Crippen molar-refractivity contribution in [3.63, 3.8) is 0 Å². The first kappa shape index (κ1) is 16.8. The lowest BCUT2D eigenvalue weighted by atomic mass is 10.0. The van der Waals surface area contributed by atoms with E-state index in [2.05, 4.69) is 0 Å². The Bertz CT molecular complexity index is 152. The predicted octanol–water partition coefficient (Wildman–Crippen LogP) is 1.20. The highest BCUT2D eigenvalue weighted by molar-refractivity contribution is 4.67. The minimum absolute atomic E-state index is 0.147. The molecule has 0 aromatic rings. The molecule has 0 fully saturated rings. The smallest absolute Gasteiger partial charge is 0.0799 e. The molecule has 0 spiro atoms. The van der Waals surface area contributed by atoms with Crippen molar-refractivity contribution in [2.45, 2.75) is 70.0 Å². The van der Waals surface area contributed by atoms with Crippen LogP contribution in [0.3, 0.4) is 0 Å². The summed E-state index contributed by atoms with van der Waals surface area (Å²) < 4.78 is 0. The fraction of sp³-hybridized carbons (Fsp3) is 1.00. The summed E-state index contributed by atoms with van der Waals surface area (Å²) in [6.07, 6.45) is 6.28. The molecule has 0 heterocycles. The van der Waals surface area contributed by atoms with Crippen molar-refractivity contribution in [1.82, 2.24) is 0 Å². The van der Waals surface area contributed by atoms with Crippen molar-refractivity contribution in [3.05, 3.63) is 0 Å². The zero-order chi connectivity index (χ0) is 12.9. The van der Waals surface area contributed by atoms with Gasteiger partial charge < -0.3 is 20.4 Å². The zero-order valence-electron chi connectivity index (χ0n) is 10.7. The van der Waals surface area contributed by atoms with E-state index in [1.165, 1.54) is 0 Å². The lowest BCUT2D eigenvalue weighted by Crippen LogP contribution is -2.25. The third kappa shape index (κ3) is 10.7. The lowest BCUT2D eigenvalue weighted by Gasteiger charge is -2.17. The fourth-order valence-electron chi connectivity index (χ4n) is 1.85. The highest BCUT2D eigenvalue weighted by Crippen LogP contribution is 2.12. The second-order valence-corrected chi connectivity index (χ2v) is 4.63. The molecule has 2 unspecified atom stereocenters. The Balaban J connectivity index is 3.34. The van der Waals surface area contributed by atoms with Crippen LogP contribution in [-0.4, -0.2) is 45.8 Å². The Kier molecular flexibility index (Phi) is 12.2. The Labute approximate surface area is 104 Å². The normalized spacial score (nSPS) is 14.8. The van der Waals surface area contributed by atoms with Gasteiger partial charge >= 0.3 is 0 Å². The summed E-state index contributed by atoms with van der Waals surface area (Å²) in [5, 5.41) is 36.5. The first-order chi connectivity index (χ1) is 8.22. The maximum Gasteiger partial charge on any atom is 0.0799 e. The van der Waals surface area contributed by atoms with Gasteiger partial charge in [-0.1, -0.05) is 25.7 Å². The summed E-state index contributed by atoms with van der Waals surface area (Å²) >= 11 is 0. The fourth-order valence-corrected chi connectivity index (χ4v) is 1.85. The van der Waals surface area contributed by atoms with Crippen molar-refractivity contribution >= 4 is 0 Å². The van der Waals surface area contributed by atoms with Crippen LogP contribution < -0.4 is 0 Å². The molecular formula is C13H28O4. The van der Waals surface area contributed by atoms with Crippen LogP contribution in [0.25, 0.3) is 0 Å². The topological polar surface area (TPSA) is 80.9 Å². The van der Waals surface area contributed by atoms with Gasteiger partial charge in [-0.15, -0.1) is 0 Å². The Hall–Kier alpha value is -0.160. The monoisotopic (exact) mass is 248 g/mol. The molecule has 0 saturated carbocycles. The van der Waals surface area contributed by atoms with Gasteiger partial charge in [0.05, 0.1) is 12.2 Å². The third-order valence-corrected chi connectivity index (χ3v) is 3.01. The number of aliphatic hydroxyl groups excluding tert-OH is 4. The summed E-state index contributed by atoms with van der Waals surface area (Å²) in [5.74, 6) is 0. The highest BCUT2D eigenvalue weighted by atomic mass is 16.3. The molecule has 0 rings (SSSR count). The highest BCUT2D eigenvalue weighted by Gasteiger charge is 2.14. The van der Waals surface area contributed by atoms with Crippen molar-refractivity contribution in [2.75, 3.05) is 13.2 Å². The summed E-state index contributed by atoms with van der Waals surface area (Å²) in [4.78, 5) is 0. The van der Waals surface area contributed by atoms with E-state index in [4.69, 9.17) is 10.2 Å². The van der Waals surface area contributed by atoms with Crippen molar-refractivity contribution < 1.29 is 20.4 Å². The Morgan fingerprint density at radius 3 is 1.41 bits per heavy atom. The van der Waals surface area contributed by atoms with Crippen LogP contribution >= 0.6 is 0 Å². The summed E-state index contributed by atoms with van der Waals surface area (Å²) in [6, 6.07) is 0. The van der Waals surface area contributed by atoms with Crippen LogP contribution in [-0.2, 0) is 0 Å². The molecule has 0 aliphatic rings. The average Bonchev–Trinajstić information content (AvgIpc) is 2.33. The van der Waals surface area contributed by atoms with Crippen LogP contribution in [0.2, 0.25) is 0 Å². The van der Waals surface area contributed by atoms with Gasteiger partial charge in [0.1, 0.15) is 0 Å². The van der Waals surface area contributed by atoms with Gasteiger partial charge in [0.15, 0.2) is 0 Å². The first-order valence-electron chi connectivity index (χ1n) is 6.80. The number of unbranched alkanes of at least 4 members (excludes halogenated alkanes) is 5. The van der Waals surface area contributed by atoms with Crippen LogP contribution in [0.1, 0.15) is 57.8 Å². The second kappa shape index (κ2) is 12.3. The van der Waals surface area contributed by atoms with Gasteiger partial charge in [0.25, 0.3) is 0 Å². The van der Waals surface area contributed by atoms with E-state index in [0.29, 0.717) is 19.3 Å². The minimum atomic E-state index is -0.654. The molecule has 0 amide bonds. The SMILES string of the molecule is OCCCCCCCC(O)C(O)CCCCO. The summed E-state index contributed by atoms with van der Waals surface area (Å²) in [5.41, 5.74) is 0. The molecule has 4 nitrogen and oxygen atoms in total. The molecule has 0 saturated heterocycles. The molecule has 0 aromatic heterocycles. The number of aliphatic hydroxyl groups is 4. The maximum absolute atomic E-state index is 9.67. The van der Waals surface area contributed by atoms with Gasteiger partial charge in [-0.2, -0.15) is 0 Å². The van der Waals surface area contributed by atoms with Crippen molar-refractivity contribution in [1.29, 1.82) is 0 Å². The van der Waals surface area contributed by atoms with E-state index in [0.717, 1.165) is 38.5 Å². The average molecular weight is 248 g/mol. The molecule has 0 radical (unpaired) electrons. The standard InChI is InChI=1S/C13H28O4/c14-10-6-3-1-2-4-8-12(16)13(17)9-5-7-11-15/h12-17H,1-11H2. The molecule has 2 atom stereocenters. The van der Waals surface area contributed by atoms with Gasteiger partial charge in [-0.25, -0.2) is 0 Å². The Morgan fingerprint density at radius 1 is 0.529 bits per heavy atom. The van der Waals surface area contributed by atoms with E-state index < -0.39 is 12.2 Å². The van der Waals surface area contributed by atoms with E-state index in [9.17, 15) is 10.2 Å². The first-order valence-corrected chi connectivity index (χ1v) is 6.80. The van der Waals surface area contributed by atoms with E-state index in [1.54, 1.807) is 0 Å². The van der Waals surface area contributed by atoms with Crippen molar-refractivity contribution in [2.24, 2.45) is 0 Å². The van der Waals surface area contributed by atoms with Gasteiger partial charge in [-0.3, -0.25) is 0 Å². The molecule has 0 bridgehead atoms. The predicted molar refractivity (Wildman–Crippen MR) is 67.7 cm³/mol. The van der Waals surface area contributed by atoms with Gasteiger partial charge in [0, 0.05) is 13.2 Å². The van der Waals surface area contributed by atoms with Crippen LogP contribution in [0.4, 0.5) is 0 Å². The van der Waals surface area contributed by atoms with E-state index in [-0.39, 0.29) is 13.2 Å². The number of hydrogen-bond donors (Lipinski definition) is 4. The van der Waals surface area contributed by atoms with Crippen LogP contribution in [0, 0.1) is 0 Å². The van der Waals surface area contributed by atoms with Gasteiger partial charge in [-0.05, 0) is 32.1 Å². The number of rotatable bonds is 12. The molecule has 17 heavy (non-hydrogen) atoms. The lowest BCUT2D eigenvalue weighted by molar-refractivity contribution is 0.00663. The quantitative estimate of drug-likeness (QED) is 0.391. The molecule has 0 aliphatic heterocycles. The summed E-state index contributed by atoms with van der Waals surface area (Å²) in [6.45, 7) is 0.403.